The van der Waals surface area contributed by atoms with Gasteiger partial charge in [0.1, 0.15) is 5.75 Å². The predicted octanol–water partition coefficient (Wildman–Crippen LogP) is 1.45. The summed E-state index contributed by atoms with van der Waals surface area (Å²) in [6.07, 6.45) is 3.40. The summed E-state index contributed by atoms with van der Waals surface area (Å²) in [6.45, 7) is 2.76. The van der Waals surface area contributed by atoms with Crippen molar-refractivity contribution in [2.45, 2.75) is 32.9 Å². The molecule has 6 heteroatoms. The van der Waals surface area contributed by atoms with Crippen LogP contribution in [0.25, 0.3) is 0 Å². The average molecular weight is 248 g/mol. The minimum atomic E-state index is 0.275. The van der Waals surface area contributed by atoms with Gasteiger partial charge in [-0.1, -0.05) is 12.1 Å². The van der Waals surface area contributed by atoms with Crippen LogP contribution in [0.2, 0.25) is 0 Å². The molecule has 0 aliphatic heterocycles. The van der Waals surface area contributed by atoms with Crippen LogP contribution in [0.1, 0.15) is 30.8 Å². The van der Waals surface area contributed by atoms with E-state index in [1.165, 1.54) is 0 Å². The van der Waals surface area contributed by atoms with Gasteiger partial charge in [0.05, 0.1) is 11.9 Å². The Kier molecular flexibility index (Phi) is 4.25. The number of aromatic nitrogens is 3. The van der Waals surface area contributed by atoms with E-state index in [-0.39, 0.29) is 6.61 Å². The van der Waals surface area contributed by atoms with Gasteiger partial charge < -0.3 is 15.0 Å². The smallest absolute Gasteiger partial charge is 0.226 e. The quantitative estimate of drug-likeness (QED) is 0.832. The molecule has 18 heavy (non-hydrogen) atoms. The molecule has 2 heterocycles. The molecular weight excluding hydrogens is 232 g/mol. The highest BCUT2D eigenvalue weighted by atomic mass is 16.5. The molecule has 2 aromatic rings. The molecule has 0 aliphatic rings. The first-order valence-corrected chi connectivity index (χ1v) is 5.91. The molecule has 2 rings (SSSR count). The Hall–Kier alpha value is -1.95. The molecule has 96 valence electrons. The summed E-state index contributed by atoms with van der Waals surface area (Å²) in [5, 5.41) is 3.83. The Morgan fingerprint density at radius 2 is 2.28 bits per heavy atom. The lowest BCUT2D eigenvalue weighted by molar-refractivity contribution is 0.284. The summed E-state index contributed by atoms with van der Waals surface area (Å²) in [5.41, 5.74) is 6.29. The molecule has 0 bridgehead atoms. The van der Waals surface area contributed by atoms with E-state index in [2.05, 4.69) is 22.0 Å². The summed E-state index contributed by atoms with van der Waals surface area (Å²) in [4.78, 5) is 8.34. The largest absolute Gasteiger partial charge is 0.484 e. The van der Waals surface area contributed by atoms with Crippen LogP contribution in [-0.4, -0.2) is 15.1 Å². The Labute approximate surface area is 105 Å². The van der Waals surface area contributed by atoms with Gasteiger partial charge in [0.25, 0.3) is 0 Å². The topological polar surface area (TPSA) is 87.1 Å². The number of rotatable bonds is 6. The third-order valence-corrected chi connectivity index (χ3v) is 2.35. The number of aryl methyl sites for hydroxylation is 1. The van der Waals surface area contributed by atoms with Crippen LogP contribution >= 0.6 is 0 Å². The Morgan fingerprint density at radius 1 is 1.39 bits per heavy atom. The van der Waals surface area contributed by atoms with Gasteiger partial charge in [-0.25, -0.2) is 0 Å². The highest BCUT2D eigenvalue weighted by molar-refractivity contribution is 5.19. The monoisotopic (exact) mass is 248 g/mol. The second-order valence-corrected chi connectivity index (χ2v) is 3.83. The molecule has 0 saturated heterocycles. The van der Waals surface area contributed by atoms with Crippen molar-refractivity contribution in [2.75, 3.05) is 0 Å². The number of hydrogen-bond acceptors (Lipinski definition) is 6. The molecule has 0 aromatic carbocycles. The summed E-state index contributed by atoms with van der Waals surface area (Å²) < 4.78 is 10.6. The number of nitrogens with zero attached hydrogens (tertiary/aromatic N) is 3. The SMILES string of the molecule is CCCc1nc(COc2ccc(CN)nc2)no1. The highest BCUT2D eigenvalue weighted by Crippen LogP contribution is 2.11. The zero-order valence-electron chi connectivity index (χ0n) is 10.3. The lowest BCUT2D eigenvalue weighted by Crippen LogP contribution is -2.01. The van der Waals surface area contributed by atoms with Gasteiger partial charge in [-0.15, -0.1) is 0 Å². The molecule has 0 aliphatic carbocycles. The molecule has 0 radical (unpaired) electrons. The molecule has 6 nitrogen and oxygen atoms in total. The fraction of sp³-hybridized carbons (Fsp3) is 0.417. The first-order chi connectivity index (χ1) is 8.81. The van der Waals surface area contributed by atoms with E-state index in [0.29, 0.717) is 24.0 Å². The zero-order valence-corrected chi connectivity index (χ0v) is 10.3. The third-order valence-electron chi connectivity index (χ3n) is 2.35. The van der Waals surface area contributed by atoms with E-state index in [1.807, 2.05) is 12.1 Å². The zero-order chi connectivity index (χ0) is 12.8. The van der Waals surface area contributed by atoms with E-state index >= 15 is 0 Å². The van der Waals surface area contributed by atoms with E-state index < -0.39 is 0 Å². The fourth-order valence-electron chi connectivity index (χ4n) is 1.43. The van der Waals surface area contributed by atoms with Crippen molar-refractivity contribution < 1.29 is 9.26 Å². The maximum atomic E-state index is 5.49. The van der Waals surface area contributed by atoms with Crippen molar-refractivity contribution in [3.05, 3.63) is 35.7 Å². The van der Waals surface area contributed by atoms with Crippen LogP contribution in [0.15, 0.2) is 22.9 Å². The van der Waals surface area contributed by atoms with E-state index in [4.69, 9.17) is 15.0 Å². The molecule has 0 unspecified atom stereocenters. The van der Waals surface area contributed by atoms with Gasteiger partial charge in [0.2, 0.25) is 11.7 Å². The van der Waals surface area contributed by atoms with E-state index in [0.717, 1.165) is 18.5 Å². The molecular formula is C12H16N4O2. The van der Waals surface area contributed by atoms with Crippen LogP contribution in [0.5, 0.6) is 5.75 Å². The Bertz CT molecular complexity index is 481. The average Bonchev–Trinajstić information content (AvgIpc) is 2.85. The maximum absolute atomic E-state index is 5.49. The summed E-state index contributed by atoms with van der Waals surface area (Å²) in [6, 6.07) is 3.65. The van der Waals surface area contributed by atoms with Gasteiger partial charge >= 0.3 is 0 Å². The van der Waals surface area contributed by atoms with Crippen LogP contribution in [0.3, 0.4) is 0 Å². The number of ether oxygens (including phenoxy) is 1. The first kappa shape index (κ1) is 12.5. The van der Waals surface area contributed by atoms with Crippen LogP contribution in [-0.2, 0) is 19.6 Å². The second-order valence-electron chi connectivity index (χ2n) is 3.83. The molecule has 0 fully saturated rings. The van der Waals surface area contributed by atoms with Gasteiger partial charge in [-0.2, -0.15) is 4.98 Å². The fourth-order valence-corrected chi connectivity index (χ4v) is 1.43. The molecule has 2 aromatic heterocycles. The lowest BCUT2D eigenvalue weighted by Gasteiger charge is -2.02. The van der Waals surface area contributed by atoms with Gasteiger partial charge in [-0.05, 0) is 18.6 Å². The highest BCUT2D eigenvalue weighted by Gasteiger charge is 2.06. The Balaban J connectivity index is 1.89. The van der Waals surface area contributed by atoms with E-state index in [1.54, 1.807) is 6.20 Å². The third kappa shape index (κ3) is 3.27. The van der Waals surface area contributed by atoms with Crippen molar-refractivity contribution in [3.63, 3.8) is 0 Å². The first-order valence-electron chi connectivity index (χ1n) is 5.91. The molecule has 0 saturated carbocycles. The van der Waals surface area contributed by atoms with Crippen molar-refractivity contribution in [1.82, 2.24) is 15.1 Å². The summed E-state index contributed by atoms with van der Waals surface area (Å²) in [5.74, 6) is 1.85. The van der Waals surface area contributed by atoms with Gasteiger partial charge in [0.15, 0.2) is 6.61 Å². The van der Waals surface area contributed by atoms with Crippen LogP contribution in [0.4, 0.5) is 0 Å². The molecule has 0 spiro atoms. The number of pyridine rings is 1. The van der Waals surface area contributed by atoms with Gasteiger partial charge in [0, 0.05) is 13.0 Å². The standard InChI is InChI=1S/C12H16N4O2/c1-2-3-12-15-11(16-18-12)8-17-10-5-4-9(6-13)14-7-10/h4-5,7H,2-3,6,8,13H2,1H3. The van der Waals surface area contributed by atoms with Crippen molar-refractivity contribution in [1.29, 1.82) is 0 Å². The minimum absolute atomic E-state index is 0.275. The van der Waals surface area contributed by atoms with Gasteiger partial charge in [-0.3, -0.25) is 4.98 Å². The summed E-state index contributed by atoms with van der Waals surface area (Å²) >= 11 is 0. The van der Waals surface area contributed by atoms with Crippen LogP contribution in [0, 0.1) is 0 Å². The van der Waals surface area contributed by atoms with Crippen molar-refractivity contribution >= 4 is 0 Å². The van der Waals surface area contributed by atoms with Crippen LogP contribution < -0.4 is 10.5 Å². The number of nitrogens with two attached hydrogens (primary N) is 1. The van der Waals surface area contributed by atoms with Crippen molar-refractivity contribution in [3.8, 4) is 5.75 Å². The molecule has 0 amide bonds. The second kappa shape index (κ2) is 6.11. The Morgan fingerprint density at radius 3 is 2.94 bits per heavy atom. The van der Waals surface area contributed by atoms with E-state index in [9.17, 15) is 0 Å². The summed E-state index contributed by atoms with van der Waals surface area (Å²) in [7, 11) is 0. The normalized spacial score (nSPS) is 10.6. The lowest BCUT2D eigenvalue weighted by atomic mass is 10.3. The predicted molar refractivity (Wildman–Crippen MR) is 64.8 cm³/mol. The molecule has 2 N–H and O–H groups in total. The van der Waals surface area contributed by atoms with Crippen molar-refractivity contribution in [2.24, 2.45) is 5.73 Å². The molecule has 0 atom stereocenters. The maximum Gasteiger partial charge on any atom is 0.226 e. The number of hydrogen-bond donors (Lipinski definition) is 1. The minimum Gasteiger partial charge on any atom is -0.484 e.